The number of sulfonamides is 1. The molecule has 0 saturated carbocycles. The van der Waals surface area contributed by atoms with Crippen LogP contribution in [-0.4, -0.2) is 66.3 Å². The van der Waals surface area contributed by atoms with E-state index in [0.717, 1.165) is 37.7 Å². The zero-order valence-electron chi connectivity index (χ0n) is 11.6. The molecular formula is C9H16N2O7S4. The third kappa shape index (κ3) is 11.0. The van der Waals surface area contributed by atoms with Crippen molar-refractivity contribution in [2.45, 2.75) is 19.0 Å². The van der Waals surface area contributed by atoms with Crippen LogP contribution in [0.3, 0.4) is 0 Å². The Balaban J connectivity index is 4.15. The van der Waals surface area contributed by atoms with Gasteiger partial charge in [-0.25, -0.2) is 17.9 Å². The summed E-state index contributed by atoms with van der Waals surface area (Å²) >= 11 is 0. The van der Waals surface area contributed by atoms with Gasteiger partial charge in [0.2, 0.25) is 15.9 Å². The first kappa shape index (κ1) is 21.4. The highest BCUT2D eigenvalue weighted by atomic mass is 33.5. The summed E-state index contributed by atoms with van der Waals surface area (Å²) in [5.74, 6) is -2.88. The van der Waals surface area contributed by atoms with Crippen molar-refractivity contribution in [3.63, 3.8) is 0 Å². The molecule has 0 fully saturated rings. The highest BCUT2D eigenvalue weighted by Gasteiger charge is 2.22. The van der Waals surface area contributed by atoms with E-state index >= 15 is 0 Å². The largest absolute Gasteiger partial charge is 0.480 e. The number of carbonyl (C=O) groups is 3. The standard InChI is InChI=1S/C9H16N2O7S4/c1-5(12)10-6(8(13)14)3-19-21-20-4-7(9(15)16)11-22(2,17)18/h6-7,11H,3-4H2,1-2H3,(H,10,12)(H,13,14)(H,15,16)/t6-,7-/m0/s1. The highest BCUT2D eigenvalue weighted by molar-refractivity contribution is 9.09. The first-order chi connectivity index (χ1) is 10.0. The molecule has 0 aliphatic carbocycles. The molecule has 0 aromatic heterocycles. The molecule has 0 radical (unpaired) electrons. The monoisotopic (exact) mass is 392 g/mol. The summed E-state index contributed by atoms with van der Waals surface area (Å²) in [5.41, 5.74) is 0. The van der Waals surface area contributed by atoms with E-state index in [1.165, 1.54) is 6.92 Å². The Kier molecular flexibility index (Phi) is 9.91. The van der Waals surface area contributed by atoms with E-state index in [2.05, 4.69) is 5.32 Å². The van der Waals surface area contributed by atoms with Gasteiger partial charge in [-0.05, 0) is 9.83 Å². The van der Waals surface area contributed by atoms with E-state index in [1.807, 2.05) is 4.72 Å². The summed E-state index contributed by atoms with van der Waals surface area (Å²) in [6.07, 6.45) is 0.861. The molecule has 0 aliphatic rings. The molecule has 0 unspecified atom stereocenters. The van der Waals surface area contributed by atoms with E-state index in [-0.39, 0.29) is 11.5 Å². The van der Waals surface area contributed by atoms with Crippen LogP contribution in [0.4, 0.5) is 0 Å². The van der Waals surface area contributed by atoms with Crippen molar-refractivity contribution in [1.82, 2.24) is 10.0 Å². The number of nitrogens with one attached hydrogen (secondary N) is 2. The number of carbonyl (C=O) groups excluding carboxylic acids is 1. The Morgan fingerprint density at radius 1 is 1.05 bits per heavy atom. The van der Waals surface area contributed by atoms with Gasteiger partial charge in [-0.1, -0.05) is 21.6 Å². The summed E-state index contributed by atoms with van der Waals surface area (Å²) in [5, 5.41) is 20.0. The minimum atomic E-state index is -3.63. The first-order valence-electron chi connectivity index (χ1n) is 5.64. The first-order valence-corrected chi connectivity index (χ1v) is 11.3. The summed E-state index contributed by atoms with van der Waals surface area (Å²) in [6, 6.07) is -2.31. The molecule has 13 heteroatoms. The van der Waals surface area contributed by atoms with E-state index < -0.39 is 40.0 Å². The van der Waals surface area contributed by atoms with Crippen molar-refractivity contribution in [1.29, 1.82) is 0 Å². The van der Waals surface area contributed by atoms with Crippen LogP contribution < -0.4 is 10.0 Å². The molecule has 2 atom stereocenters. The molecule has 1 amide bonds. The predicted molar refractivity (Wildman–Crippen MR) is 87.2 cm³/mol. The van der Waals surface area contributed by atoms with Crippen LogP contribution in [0.15, 0.2) is 0 Å². The van der Waals surface area contributed by atoms with E-state index in [1.54, 1.807) is 0 Å². The molecule has 0 aromatic carbocycles. The topological polar surface area (TPSA) is 150 Å². The number of aliphatic carboxylic acids is 2. The van der Waals surface area contributed by atoms with Gasteiger partial charge >= 0.3 is 11.9 Å². The predicted octanol–water partition coefficient (Wildman–Crippen LogP) is -0.392. The molecular weight excluding hydrogens is 376 g/mol. The summed E-state index contributed by atoms with van der Waals surface area (Å²) in [6.45, 7) is 1.21. The third-order valence-corrected chi connectivity index (χ3v) is 6.87. The van der Waals surface area contributed by atoms with E-state index in [0.29, 0.717) is 0 Å². The van der Waals surface area contributed by atoms with E-state index in [4.69, 9.17) is 10.2 Å². The zero-order valence-corrected chi connectivity index (χ0v) is 14.9. The molecule has 0 spiro atoms. The highest BCUT2D eigenvalue weighted by Crippen LogP contribution is 2.35. The molecule has 0 aliphatic heterocycles. The van der Waals surface area contributed by atoms with E-state index in [9.17, 15) is 22.8 Å². The van der Waals surface area contributed by atoms with Gasteiger partial charge in [-0.2, -0.15) is 0 Å². The number of amides is 1. The fraction of sp³-hybridized carbons (Fsp3) is 0.667. The number of hydrogen-bond donors (Lipinski definition) is 4. The van der Waals surface area contributed by atoms with Gasteiger partial charge in [0.15, 0.2) is 0 Å². The van der Waals surface area contributed by atoms with Gasteiger partial charge in [0.05, 0.1) is 6.26 Å². The zero-order chi connectivity index (χ0) is 17.3. The molecule has 0 heterocycles. The Bertz CT molecular complexity index is 510. The second kappa shape index (κ2) is 10.2. The van der Waals surface area contributed by atoms with Gasteiger partial charge in [0.1, 0.15) is 12.1 Å². The lowest BCUT2D eigenvalue weighted by Gasteiger charge is -2.13. The maximum absolute atomic E-state index is 11.0. The smallest absolute Gasteiger partial charge is 0.327 e. The quantitative estimate of drug-likeness (QED) is 0.270. The van der Waals surface area contributed by atoms with Crippen LogP contribution >= 0.6 is 31.4 Å². The fourth-order valence-corrected chi connectivity index (χ4v) is 5.74. The van der Waals surface area contributed by atoms with Crippen LogP contribution in [-0.2, 0) is 24.4 Å². The number of rotatable bonds is 11. The lowest BCUT2D eigenvalue weighted by atomic mass is 10.3. The Hall–Kier alpha value is -0.630. The fourth-order valence-electron chi connectivity index (χ4n) is 1.06. The minimum Gasteiger partial charge on any atom is -0.480 e. The molecule has 22 heavy (non-hydrogen) atoms. The Labute approximate surface area is 139 Å². The molecule has 4 N–H and O–H groups in total. The Morgan fingerprint density at radius 3 is 1.86 bits per heavy atom. The van der Waals surface area contributed by atoms with Crippen LogP contribution in [0, 0.1) is 0 Å². The minimum absolute atomic E-state index is 0.0298. The summed E-state index contributed by atoms with van der Waals surface area (Å²) < 4.78 is 24.0. The van der Waals surface area contributed by atoms with Gasteiger partial charge in [0.25, 0.3) is 0 Å². The van der Waals surface area contributed by atoms with Crippen molar-refractivity contribution >= 4 is 59.3 Å². The second-order valence-corrected chi connectivity index (χ2v) is 10.1. The lowest BCUT2D eigenvalue weighted by molar-refractivity contribution is -0.140. The van der Waals surface area contributed by atoms with Crippen molar-refractivity contribution in [2.75, 3.05) is 17.8 Å². The van der Waals surface area contributed by atoms with Crippen LogP contribution in [0.2, 0.25) is 0 Å². The summed E-state index contributed by atoms with van der Waals surface area (Å²) in [7, 11) is -0.330. The van der Waals surface area contributed by atoms with Gasteiger partial charge < -0.3 is 15.5 Å². The maximum atomic E-state index is 11.0. The van der Waals surface area contributed by atoms with Crippen LogP contribution in [0.25, 0.3) is 0 Å². The van der Waals surface area contributed by atoms with Gasteiger partial charge in [-0.15, -0.1) is 0 Å². The molecule has 0 bridgehead atoms. The molecule has 0 rings (SSSR count). The average Bonchev–Trinajstić information content (AvgIpc) is 2.33. The number of hydrogen-bond acceptors (Lipinski definition) is 8. The average molecular weight is 393 g/mol. The summed E-state index contributed by atoms with van der Waals surface area (Å²) in [4.78, 5) is 32.6. The lowest BCUT2D eigenvalue weighted by Crippen LogP contribution is -2.41. The number of carboxylic acid groups (broad SMARTS) is 2. The molecule has 0 saturated heterocycles. The van der Waals surface area contributed by atoms with Crippen LogP contribution in [0.5, 0.6) is 0 Å². The Morgan fingerprint density at radius 2 is 1.50 bits per heavy atom. The van der Waals surface area contributed by atoms with Crippen LogP contribution in [0.1, 0.15) is 6.92 Å². The van der Waals surface area contributed by atoms with Gasteiger partial charge in [0, 0.05) is 18.4 Å². The molecule has 9 nitrogen and oxygen atoms in total. The third-order valence-electron chi connectivity index (χ3n) is 1.90. The number of carboxylic acids is 2. The van der Waals surface area contributed by atoms with Crippen molar-refractivity contribution in [2.24, 2.45) is 0 Å². The second-order valence-electron chi connectivity index (χ2n) is 4.01. The molecule has 128 valence electrons. The molecule has 0 aromatic rings. The SMILES string of the molecule is CC(=O)N[C@@H](CSSSC[C@H](NS(C)(=O)=O)C(=O)O)C(=O)O. The van der Waals surface area contributed by atoms with Gasteiger partial charge in [-0.3, -0.25) is 9.59 Å². The van der Waals surface area contributed by atoms with Crippen molar-refractivity contribution in [3.05, 3.63) is 0 Å². The normalized spacial score (nSPS) is 14.1. The van der Waals surface area contributed by atoms with Crippen molar-refractivity contribution in [3.8, 4) is 0 Å². The van der Waals surface area contributed by atoms with Crippen molar-refractivity contribution < 1.29 is 33.0 Å². The maximum Gasteiger partial charge on any atom is 0.327 e.